The third kappa shape index (κ3) is 4.34. The molecule has 2 aromatic rings. The number of hydrogen-bond acceptors (Lipinski definition) is 4. The Morgan fingerprint density at radius 3 is 2.86 bits per heavy atom. The molecule has 22 heavy (non-hydrogen) atoms. The van der Waals surface area contributed by atoms with Crippen LogP contribution in [0.5, 0.6) is 0 Å². The number of thiazole rings is 1. The molecule has 0 atom stereocenters. The molecule has 1 aliphatic carbocycles. The van der Waals surface area contributed by atoms with E-state index in [0.717, 1.165) is 23.7 Å². The van der Waals surface area contributed by atoms with Gasteiger partial charge in [-0.3, -0.25) is 4.79 Å². The minimum Gasteiger partial charge on any atom is -0.302 e. The molecule has 0 fully saturated rings. The fourth-order valence-corrected chi connectivity index (χ4v) is 4.48. The van der Waals surface area contributed by atoms with E-state index < -0.39 is 0 Å². The number of aryl methyl sites for hydroxylation is 2. The Labute approximate surface area is 139 Å². The van der Waals surface area contributed by atoms with E-state index in [-0.39, 0.29) is 5.91 Å². The highest BCUT2D eigenvalue weighted by Gasteiger charge is 2.15. The van der Waals surface area contributed by atoms with Crippen LogP contribution in [0.25, 0.3) is 0 Å². The number of carbonyl (C=O) groups excluding carboxylic acids is 1. The van der Waals surface area contributed by atoms with Gasteiger partial charge in [0, 0.05) is 21.9 Å². The Morgan fingerprint density at radius 2 is 2.00 bits per heavy atom. The average molecular weight is 332 g/mol. The minimum atomic E-state index is 0.0624. The van der Waals surface area contributed by atoms with Crippen molar-refractivity contribution in [2.45, 2.75) is 43.4 Å². The van der Waals surface area contributed by atoms with Gasteiger partial charge in [-0.25, -0.2) is 4.98 Å². The lowest BCUT2D eigenvalue weighted by molar-refractivity contribution is -0.115. The van der Waals surface area contributed by atoms with Crippen LogP contribution in [0.2, 0.25) is 0 Å². The van der Waals surface area contributed by atoms with Gasteiger partial charge in [0.1, 0.15) is 0 Å². The second-order valence-corrected chi connectivity index (χ2v) is 7.66. The van der Waals surface area contributed by atoms with Crippen molar-refractivity contribution in [2.75, 3.05) is 11.1 Å². The first-order chi connectivity index (χ1) is 10.8. The Balaban J connectivity index is 1.47. The highest BCUT2D eigenvalue weighted by molar-refractivity contribution is 7.99. The highest BCUT2D eigenvalue weighted by Crippen LogP contribution is 2.29. The van der Waals surface area contributed by atoms with Gasteiger partial charge in [-0.1, -0.05) is 24.6 Å². The summed E-state index contributed by atoms with van der Waals surface area (Å²) in [6, 6.07) is 10.2. The zero-order valence-electron chi connectivity index (χ0n) is 12.5. The van der Waals surface area contributed by atoms with Crippen molar-refractivity contribution in [1.82, 2.24) is 4.98 Å². The van der Waals surface area contributed by atoms with Crippen LogP contribution in [0.4, 0.5) is 5.13 Å². The predicted octanol–water partition coefficient (Wildman–Crippen LogP) is 4.53. The van der Waals surface area contributed by atoms with Crippen LogP contribution in [0.15, 0.2) is 35.2 Å². The van der Waals surface area contributed by atoms with Crippen LogP contribution in [-0.2, 0) is 17.6 Å². The van der Waals surface area contributed by atoms with Crippen molar-refractivity contribution < 1.29 is 4.79 Å². The van der Waals surface area contributed by atoms with Crippen LogP contribution in [0, 0.1) is 0 Å². The van der Waals surface area contributed by atoms with E-state index in [1.54, 1.807) is 23.1 Å². The maximum absolute atomic E-state index is 12.0. The van der Waals surface area contributed by atoms with Crippen molar-refractivity contribution in [3.05, 3.63) is 40.9 Å². The number of rotatable bonds is 5. The topological polar surface area (TPSA) is 42.0 Å². The summed E-state index contributed by atoms with van der Waals surface area (Å²) in [6.07, 6.45) is 6.46. The molecular formula is C17H20N2OS2. The molecule has 3 rings (SSSR count). The van der Waals surface area contributed by atoms with Crippen molar-refractivity contribution in [1.29, 1.82) is 0 Å². The second kappa shape index (κ2) is 7.79. The summed E-state index contributed by atoms with van der Waals surface area (Å²) in [5.41, 5.74) is 1.21. The third-order valence-corrected chi connectivity index (χ3v) is 5.77. The number of aromatic nitrogens is 1. The maximum atomic E-state index is 12.0. The van der Waals surface area contributed by atoms with Crippen LogP contribution in [0.3, 0.4) is 0 Å². The van der Waals surface area contributed by atoms with Crippen molar-refractivity contribution in [2.24, 2.45) is 0 Å². The molecule has 0 aliphatic heterocycles. The van der Waals surface area contributed by atoms with E-state index >= 15 is 0 Å². The molecule has 1 aliphatic rings. The molecule has 5 heteroatoms. The number of benzene rings is 1. The smallest absolute Gasteiger partial charge is 0.226 e. The quantitative estimate of drug-likeness (QED) is 0.646. The lowest BCUT2D eigenvalue weighted by atomic mass is 10.2. The first-order valence-electron chi connectivity index (χ1n) is 7.77. The fraction of sp³-hybridized carbons (Fsp3) is 0.412. The monoisotopic (exact) mass is 332 g/mol. The van der Waals surface area contributed by atoms with Crippen LogP contribution >= 0.6 is 23.1 Å². The molecule has 1 N–H and O–H groups in total. The standard InChI is InChI=1S/C17H20N2OS2/c20-16(11-12-21-13-7-3-1-4-8-13)19-17-18-14-9-5-2-6-10-15(14)22-17/h1,3-4,7-8H,2,5-6,9-12H2,(H,18,19,20). The highest BCUT2D eigenvalue weighted by atomic mass is 32.2. The molecule has 3 nitrogen and oxygen atoms in total. The van der Waals surface area contributed by atoms with Gasteiger partial charge in [-0.05, 0) is 37.8 Å². The third-order valence-electron chi connectivity index (χ3n) is 3.68. The molecule has 1 heterocycles. The van der Waals surface area contributed by atoms with Crippen LogP contribution < -0.4 is 5.32 Å². The minimum absolute atomic E-state index is 0.0624. The lowest BCUT2D eigenvalue weighted by Gasteiger charge is -2.02. The molecule has 0 radical (unpaired) electrons. The lowest BCUT2D eigenvalue weighted by Crippen LogP contribution is -2.12. The van der Waals surface area contributed by atoms with Gasteiger partial charge < -0.3 is 5.32 Å². The summed E-state index contributed by atoms with van der Waals surface area (Å²) in [5, 5.41) is 3.74. The molecule has 0 spiro atoms. The number of thioether (sulfide) groups is 1. The normalized spacial score (nSPS) is 14.2. The number of fused-ring (bicyclic) bond motifs is 1. The Morgan fingerprint density at radius 1 is 1.18 bits per heavy atom. The van der Waals surface area contributed by atoms with E-state index in [0.29, 0.717) is 6.42 Å². The number of carbonyl (C=O) groups is 1. The Bertz CT molecular complexity index is 601. The van der Waals surface area contributed by atoms with Gasteiger partial charge in [-0.2, -0.15) is 0 Å². The summed E-state index contributed by atoms with van der Waals surface area (Å²) in [5.74, 6) is 0.855. The first kappa shape index (κ1) is 15.6. The number of nitrogens with one attached hydrogen (secondary N) is 1. The zero-order chi connectivity index (χ0) is 15.2. The first-order valence-corrected chi connectivity index (χ1v) is 9.58. The van der Waals surface area contributed by atoms with Crippen molar-refractivity contribution in [3.63, 3.8) is 0 Å². The number of amides is 1. The van der Waals surface area contributed by atoms with Gasteiger partial charge >= 0.3 is 0 Å². The van der Waals surface area contributed by atoms with Gasteiger partial charge in [0.15, 0.2) is 5.13 Å². The Hall–Kier alpha value is -1.33. The van der Waals surface area contributed by atoms with Crippen LogP contribution in [0.1, 0.15) is 36.3 Å². The molecular weight excluding hydrogens is 312 g/mol. The summed E-state index contributed by atoms with van der Waals surface area (Å²) < 4.78 is 0. The fourth-order valence-electron chi connectivity index (χ4n) is 2.54. The SMILES string of the molecule is O=C(CCSc1ccccc1)Nc1nc2c(s1)CCCCC2. The van der Waals surface area contributed by atoms with Gasteiger partial charge in [0.25, 0.3) is 0 Å². The molecule has 1 amide bonds. The summed E-state index contributed by atoms with van der Waals surface area (Å²) in [4.78, 5) is 19.2. The average Bonchev–Trinajstić information content (AvgIpc) is 2.77. The summed E-state index contributed by atoms with van der Waals surface area (Å²) >= 11 is 3.37. The van der Waals surface area contributed by atoms with E-state index in [4.69, 9.17) is 0 Å². The van der Waals surface area contributed by atoms with E-state index in [1.807, 2.05) is 18.2 Å². The zero-order valence-corrected chi connectivity index (χ0v) is 14.1. The number of nitrogens with zero attached hydrogens (tertiary/aromatic N) is 1. The van der Waals surface area contributed by atoms with Gasteiger partial charge in [0.2, 0.25) is 5.91 Å². The van der Waals surface area contributed by atoms with Crippen LogP contribution in [-0.4, -0.2) is 16.6 Å². The van der Waals surface area contributed by atoms with Gasteiger partial charge in [-0.15, -0.1) is 23.1 Å². The second-order valence-electron chi connectivity index (χ2n) is 5.41. The predicted molar refractivity (Wildman–Crippen MR) is 93.8 cm³/mol. The van der Waals surface area contributed by atoms with Crippen molar-refractivity contribution >= 4 is 34.1 Å². The summed E-state index contributed by atoms with van der Waals surface area (Å²) in [6.45, 7) is 0. The molecule has 0 saturated carbocycles. The van der Waals surface area contributed by atoms with E-state index in [1.165, 1.54) is 34.7 Å². The molecule has 0 saturated heterocycles. The van der Waals surface area contributed by atoms with Gasteiger partial charge in [0.05, 0.1) is 5.69 Å². The molecule has 1 aromatic carbocycles. The number of hydrogen-bond donors (Lipinski definition) is 1. The maximum Gasteiger partial charge on any atom is 0.226 e. The molecule has 1 aromatic heterocycles. The molecule has 116 valence electrons. The molecule has 0 unspecified atom stereocenters. The Kier molecular flexibility index (Phi) is 5.51. The molecule has 0 bridgehead atoms. The van der Waals surface area contributed by atoms with Crippen molar-refractivity contribution in [3.8, 4) is 0 Å². The van der Waals surface area contributed by atoms with E-state index in [9.17, 15) is 4.79 Å². The largest absolute Gasteiger partial charge is 0.302 e. The summed E-state index contributed by atoms with van der Waals surface area (Å²) in [7, 11) is 0. The number of anilines is 1. The van der Waals surface area contributed by atoms with E-state index in [2.05, 4.69) is 22.4 Å².